The third kappa shape index (κ3) is 2.28. The van der Waals surface area contributed by atoms with Crippen LogP contribution in [0.3, 0.4) is 0 Å². The van der Waals surface area contributed by atoms with Crippen LogP contribution in [0, 0.1) is 6.92 Å². The molecule has 2 N–H and O–H groups in total. The zero-order chi connectivity index (χ0) is 11.5. The van der Waals surface area contributed by atoms with Crippen LogP contribution >= 0.6 is 0 Å². The van der Waals surface area contributed by atoms with Gasteiger partial charge in [0.2, 0.25) is 0 Å². The van der Waals surface area contributed by atoms with Gasteiger partial charge in [-0.25, -0.2) is 0 Å². The SMILES string of the molecule is Cc1c(CCN)cnn1C1CCN(C)CC1. The highest BCUT2D eigenvalue weighted by Gasteiger charge is 2.20. The fourth-order valence-electron chi connectivity index (χ4n) is 2.47. The molecule has 0 amide bonds. The summed E-state index contributed by atoms with van der Waals surface area (Å²) >= 11 is 0. The first-order valence-corrected chi connectivity index (χ1v) is 6.14. The Kier molecular flexibility index (Phi) is 3.61. The van der Waals surface area contributed by atoms with Gasteiger partial charge in [-0.2, -0.15) is 5.10 Å². The van der Waals surface area contributed by atoms with Gasteiger partial charge in [0.05, 0.1) is 12.2 Å². The van der Waals surface area contributed by atoms with Crippen molar-refractivity contribution in [2.75, 3.05) is 26.7 Å². The molecule has 90 valence electrons. The van der Waals surface area contributed by atoms with Crippen LogP contribution in [0.15, 0.2) is 6.20 Å². The Hall–Kier alpha value is -0.870. The van der Waals surface area contributed by atoms with Crippen LogP contribution in [0.25, 0.3) is 0 Å². The fraction of sp³-hybridized carbons (Fsp3) is 0.750. The molecule has 1 aliphatic heterocycles. The molecule has 0 atom stereocenters. The molecular weight excluding hydrogens is 200 g/mol. The molecule has 4 nitrogen and oxygen atoms in total. The molecule has 1 aromatic rings. The molecule has 1 aliphatic rings. The number of aromatic nitrogens is 2. The molecule has 2 rings (SSSR count). The first-order valence-electron chi connectivity index (χ1n) is 6.14. The summed E-state index contributed by atoms with van der Waals surface area (Å²) in [6.07, 6.45) is 5.35. The summed E-state index contributed by atoms with van der Waals surface area (Å²) in [7, 11) is 2.19. The van der Waals surface area contributed by atoms with Gasteiger partial charge >= 0.3 is 0 Å². The van der Waals surface area contributed by atoms with Crippen molar-refractivity contribution in [2.45, 2.75) is 32.2 Å². The van der Waals surface area contributed by atoms with E-state index in [-0.39, 0.29) is 0 Å². The molecule has 0 saturated carbocycles. The molecule has 4 heteroatoms. The standard InChI is InChI=1S/C12H22N4/c1-10-11(3-6-13)9-14-16(10)12-4-7-15(2)8-5-12/h9,12H,3-8,13H2,1-2H3. The summed E-state index contributed by atoms with van der Waals surface area (Å²) in [4.78, 5) is 2.39. The maximum atomic E-state index is 5.59. The zero-order valence-electron chi connectivity index (χ0n) is 10.3. The minimum absolute atomic E-state index is 0.586. The van der Waals surface area contributed by atoms with E-state index in [1.807, 2.05) is 6.20 Å². The summed E-state index contributed by atoms with van der Waals surface area (Å²) in [5.41, 5.74) is 8.20. The molecule has 1 fully saturated rings. The maximum Gasteiger partial charge on any atom is 0.0546 e. The lowest BCUT2D eigenvalue weighted by atomic mass is 10.1. The summed E-state index contributed by atoms with van der Waals surface area (Å²) in [5, 5.41) is 4.53. The molecule has 1 aromatic heterocycles. The Morgan fingerprint density at radius 3 is 2.75 bits per heavy atom. The number of piperidine rings is 1. The van der Waals surface area contributed by atoms with E-state index in [1.54, 1.807) is 0 Å². The lowest BCUT2D eigenvalue weighted by Crippen LogP contribution is -2.32. The largest absolute Gasteiger partial charge is 0.330 e. The zero-order valence-corrected chi connectivity index (χ0v) is 10.3. The fourth-order valence-corrected chi connectivity index (χ4v) is 2.47. The third-order valence-corrected chi connectivity index (χ3v) is 3.59. The van der Waals surface area contributed by atoms with Crippen molar-refractivity contribution in [3.63, 3.8) is 0 Å². The van der Waals surface area contributed by atoms with Gasteiger partial charge in [-0.1, -0.05) is 0 Å². The van der Waals surface area contributed by atoms with E-state index in [1.165, 1.54) is 37.2 Å². The first-order chi connectivity index (χ1) is 7.72. The molecule has 0 spiro atoms. The van der Waals surface area contributed by atoms with E-state index >= 15 is 0 Å². The Labute approximate surface area is 97.4 Å². The summed E-state index contributed by atoms with van der Waals surface area (Å²) in [5.74, 6) is 0. The molecule has 0 unspecified atom stereocenters. The van der Waals surface area contributed by atoms with E-state index in [2.05, 4.69) is 28.7 Å². The number of nitrogens with two attached hydrogens (primary N) is 1. The van der Waals surface area contributed by atoms with Crippen molar-refractivity contribution in [2.24, 2.45) is 5.73 Å². The predicted molar refractivity (Wildman–Crippen MR) is 65.5 cm³/mol. The van der Waals surface area contributed by atoms with Gasteiger partial charge in [0.25, 0.3) is 0 Å². The Morgan fingerprint density at radius 1 is 1.44 bits per heavy atom. The van der Waals surface area contributed by atoms with Crippen LogP contribution in [0.5, 0.6) is 0 Å². The van der Waals surface area contributed by atoms with Crippen LogP contribution in [0.1, 0.15) is 30.1 Å². The number of likely N-dealkylation sites (tertiary alicyclic amines) is 1. The number of nitrogens with zero attached hydrogens (tertiary/aromatic N) is 3. The van der Waals surface area contributed by atoms with Gasteiger partial charge in [-0.05, 0) is 58.4 Å². The monoisotopic (exact) mass is 222 g/mol. The second-order valence-corrected chi connectivity index (χ2v) is 4.77. The van der Waals surface area contributed by atoms with E-state index in [0.717, 1.165) is 6.42 Å². The van der Waals surface area contributed by atoms with Gasteiger partial charge in [0.1, 0.15) is 0 Å². The molecule has 2 heterocycles. The molecule has 1 saturated heterocycles. The van der Waals surface area contributed by atoms with Gasteiger partial charge in [0, 0.05) is 5.69 Å². The van der Waals surface area contributed by atoms with Gasteiger partial charge in [0.15, 0.2) is 0 Å². The second-order valence-electron chi connectivity index (χ2n) is 4.77. The highest BCUT2D eigenvalue weighted by atomic mass is 15.3. The Morgan fingerprint density at radius 2 is 2.12 bits per heavy atom. The van der Waals surface area contributed by atoms with Gasteiger partial charge in [-0.3, -0.25) is 4.68 Å². The molecule has 0 aliphatic carbocycles. The number of hydrogen-bond donors (Lipinski definition) is 1. The minimum atomic E-state index is 0.586. The van der Waals surface area contributed by atoms with Crippen LogP contribution < -0.4 is 5.73 Å². The molecule has 0 radical (unpaired) electrons. The van der Waals surface area contributed by atoms with Crippen molar-refractivity contribution in [3.8, 4) is 0 Å². The lowest BCUT2D eigenvalue weighted by Gasteiger charge is -2.29. The van der Waals surface area contributed by atoms with Crippen molar-refractivity contribution >= 4 is 0 Å². The highest BCUT2D eigenvalue weighted by Crippen LogP contribution is 2.23. The minimum Gasteiger partial charge on any atom is -0.330 e. The quantitative estimate of drug-likeness (QED) is 0.828. The smallest absolute Gasteiger partial charge is 0.0546 e. The van der Waals surface area contributed by atoms with Crippen LogP contribution in [0.4, 0.5) is 0 Å². The third-order valence-electron chi connectivity index (χ3n) is 3.59. The molecular formula is C12H22N4. The van der Waals surface area contributed by atoms with Crippen molar-refractivity contribution in [3.05, 3.63) is 17.5 Å². The van der Waals surface area contributed by atoms with E-state index in [9.17, 15) is 0 Å². The topological polar surface area (TPSA) is 47.1 Å². The normalized spacial score (nSPS) is 19.2. The molecule has 0 aromatic carbocycles. The number of hydrogen-bond acceptors (Lipinski definition) is 3. The van der Waals surface area contributed by atoms with Crippen molar-refractivity contribution in [1.29, 1.82) is 0 Å². The summed E-state index contributed by atoms with van der Waals surface area (Å²) in [6, 6.07) is 0.586. The van der Waals surface area contributed by atoms with Crippen LogP contribution in [-0.2, 0) is 6.42 Å². The first kappa shape index (κ1) is 11.6. The summed E-state index contributed by atoms with van der Waals surface area (Å²) in [6.45, 7) is 5.22. The predicted octanol–water partition coefficient (Wildman–Crippen LogP) is 0.959. The lowest BCUT2D eigenvalue weighted by molar-refractivity contribution is 0.210. The van der Waals surface area contributed by atoms with Crippen LogP contribution in [0.2, 0.25) is 0 Å². The maximum absolute atomic E-state index is 5.59. The van der Waals surface area contributed by atoms with E-state index in [4.69, 9.17) is 5.73 Å². The summed E-state index contributed by atoms with van der Waals surface area (Å²) < 4.78 is 2.21. The average Bonchev–Trinajstić information content (AvgIpc) is 2.63. The van der Waals surface area contributed by atoms with E-state index < -0.39 is 0 Å². The molecule has 0 bridgehead atoms. The van der Waals surface area contributed by atoms with E-state index in [0.29, 0.717) is 12.6 Å². The van der Waals surface area contributed by atoms with Gasteiger partial charge < -0.3 is 10.6 Å². The van der Waals surface area contributed by atoms with Crippen molar-refractivity contribution < 1.29 is 0 Å². The molecule has 16 heavy (non-hydrogen) atoms. The van der Waals surface area contributed by atoms with Gasteiger partial charge in [-0.15, -0.1) is 0 Å². The van der Waals surface area contributed by atoms with Crippen LogP contribution in [-0.4, -0.2) is 41.4 Å². The second kappa shape index (κ2) is 4.97. The highest BCUT2D eigenvalue weighted by molar-refractivity contribution is 5.17. The number of rotatable bonds is 3. The van der Waals surface area contributed by atoms with Crippen molar-refractivity contribution in [1.82, 2.24) is 14.7 Å². The Bertz CT molecular complexity index is 337. The average molecular weight is 222 g/mol. The Balaban J connectivity index is 2.09.